The molecule has 0 fully saturated rings. The first-order valence-electron chi connectivity index (χ1n) is 4.37. The van der Waals surface area contributed by atoms with Crippen LogP contribution in [0.3, 0.4) is 0 Å². The van der Waals surface area contributed by atoms with Gasteiger partial charge in [0.05, 0.1) is 19.1 Å². The molecular formula is C10H14O3. The summed E-state index contributed by atoms with van der Waals surface area (Å²) >= 11 is 0. The van der Waals surface area contributed by atoms with E-state index in [0.29, 0.717) is 6.61 Å². The van der Waals surface area contributed by atoms with E-state index in [-0.39, 0.29) is 12.5 Å². The summed E-state index contributed by atoms with van der Waals surface area (Å²) in [7, 11) is 0. The third-order valence-corrected chi connectivity index (χ3v) is 1.99. The van der Waals surface area contributed by atoms with Gasteiger partial charge in [0, 0.05) is 0 Å². The number of rotatable bonds is 4. The number of carboxylic acid groups (broad SMARTS) is 1. The van der Waals surface area contributed by atoms with Crippen LogP contribution in [0.5, 0.6) is 0 Å². The van der Waals surface area contributed by atoms with Crippen LogP contribution in [-0.2, 0) is 9.53 Å². The van der Waals surface area contributed by atoms with Crippen molar-refractivity contribution < 1.29 is 14.6 Å². The molecule has 13 heavy (non-hydrogen) atoms. The second-order valence-corrected chi connectivity index (χ2v) is 3.08. The molecule has 0 saturated heterocycles. The minimum Gasteiger partial charge on any atom is -0.481 e. The van der Waals surface area contributed by atoms with Crippen LogP contribution in [0, 0.1) is 0 Å². The highest BCUT2D eigenvalue weighted by atomic mass is 16.5. The summed E-state index contributed by atoms with van der Waals surface area (Å²) in [5.74, 6) is -0.812. The summed E-state index contributed by atoms with van der Waals surface area (Å²) in [6.45, 7) is 2.29. The summed E-state index contributed by atoms with van der Waals surface area (Å²) in [5.41, 5.74) is 1.16. The lowest BCUT2D eigenvalue weighted by Gasteiger charge is -2.18. The molecule has 1 atom stereocenters. The summed E-state index contributed by atoms with van der Waals surface area (Å²) in [5, 5.41) is 8.40. The highest BCUT2D eigenvalue weighted by Gasteiger charge is 2.11. The van der Waals surface area contributed by atoms with Crippen LogP contribution in [0.2, 0.25) is 0 Å². The van der Waals surface area contributed by atoms with Crippen LogP contribution >= 0.6 is 0 Å². The van der Waals surface area contributed by atoms with Gasteiger partial charge < -0.3 is 9.84 Å². The van der Waals surface area contributed by atoms with Gasteiger partial charge in [-0.2, -0.15) is 0 Å². The topological polar surface area (TPSA) is 46.5 Å². The van der Waals surface area contributed by atoms with Crippen molar-refractivity contribution in [3.05, 3.63) is 23.8 Å². The van der Waals surface area contributed by atoms with Crippen LogP contribution < -0.4 is 0 Å². The van der Waals surface area contributed by atoms with Gasteiger partial charge in [0.15, 0.2) is 0 Å². The Kier molecular flexibility index (Phi) is 3.71. The molecule has 0 amide bonds. The predicted octanol–water partition coefficient (Wildman–Crippen LogP) is 1.75. The fourth-order valence-corrected chi connectivity index (χ4v) is 1.20. The predicted molar refractivity (Wildman–Crippen MR) is 49.5 cm³/mol. The molecule has 1 rings (SSSR count). The molecule has 0 radical (unpaired) electrons. The third kappa shape index (κ3) is 3.42. The molecule has 1 unspecified atom stereocenters. The Morgan fingerprint density at radius 2 is 2.54 bits per heavy atom. The summed E-state index contributed by atoms with van der Waals surface area (Å²) in [6.07, 6.45) is 7.01. The van der Waals surface area contributed by atoms with Gasteiger partial charge in [0.1, 0.15) is 0 Å². The van der Waals surface area contributed by atoms with Crippen molar-refractivity contribution in [3.63, 3.8) is 0 Å². The van der Waals surface area contributed by atoms with Crippen molar-refractivity contribution in [2.75, 3.05) is 6.61 Å². The first kappa shape index (κ1) is 9.99. The molecule has 0 aliphatic heterocycles. The van der Waals surface area contributed by atoms with Crippen LogP contribution in [0.25, 0.3) is 0 Å². The first-order valence-corrected chi connectivity index (χ1v) is 4.37. The number of carbonyl (C=O) groups is 1. The van der Waals surface area contributed by atoms with Gasteiger partial charge in [-0.3, -0.25) is 4.79 Å². The molecule has 0 bridgehead atoms. The number of hydrogen-bond acceptors (Lipinski definition) is 2. The number of allylic oxidation sites excluding steroid dienone is 2. The fraction of sp³-hybridized carbons (Fsp3) is 0.500. The standard InChI is InChI=1S/C10H14O3/c1-8-4-2-3-5-9(8)13-7-6-10(11)12/h2-4,9H,5-7H2,1H3,(H,11,12). The zero-order valence-corrected chi connectivity index (χ0v) is 7.69. The van der Waals surface area contributed by atoms with Gasteiger partial charge in [-0.1, -0.05) is 18.2 Å². The minimum atomic E-state index is -0.812. The summed E-state index contributed by atoms with van der Waals surface area (Å²) in [6, 6.07) is 0. The van der Waals surface area contributed by atoms with Gasteiger partial charge in [-0.25, -0.2) is 0 Å². The van der Waals surface area contributed by atoms with E-state index in [9.17, 15) is 4.79 Å². The largest absolute Gasteiger partial charge is 0.481 e. The Morgan fingerprint density at radius 3 is 3.15 bits per heavy atom. The van der Waals surface area contributed by atoms with Crippen LogP contribution in [0.4, 0.5) is 0 Å². The Bertz CT molecular complexity index is 241. The van der Waals surface area contributed by atoms with E-state index in [0.717, 1.165) is 12.0 Å². The lowest BCUT2D eigenvalue weighted by atomic mass is 10.0. The Hall–Kier alpha value is -1.09. The average molecular weight is 182 g/mol. The number of carboxylic acids is 1. The highest BCUT2D eigenvalue weighted by Crippen LogP contribution is 2.15. The molecule has 3 nitrogen and oxygen atoms in total. The smallest absolute Gasteiger partial charge is 0.305 e. The van der Waals surface area contributed by atoms with Gasteiger partial charge >= 0.3 is 5.97 Å². The van der Waals surface area contributed by atoms with Crippen molar-refractivity contribution in [3.8, 4) is 0 Å². The maximum absolute atomic E-state index is 10.2. The lowest BCUT2D eigenvalue weighted by molar-refractivity contribution is -0.138. The van der Waals surface area contributed by atoms with Gasteiger partial charge in [0.25, 0.3) is 0 Å². The molecule has 0 heterocycles. The molecule has 72 valence electrons. The quantitative estimate of drug-likeness (QED) is 0.720. The zero-order valence-electron chi connectivity index (χ0n) is 7.69. The van der Waals surface area contributed by atoms with Crippen LogP contribution in [0.15, 0.2) is 23.8 Å². The van der Waals surface area contributed by atoms with Gasteiger partial charge in [0.2, 0.25) is 0 Å². The van der Waals surface area contributed by atoms with E-state index < -0.39 is 5.97 Å². The Labute approximate surface area is 77.7 Å². The fourth-order valence-electron chi connectivity index (χ4n) is 1.20. The first-order chi connectivity index (χ1) is 6.20. The van der Waals surface area contributed by atoms with Crippen molar-refractivity contribution in [1.29, 1.82) is 0 Å². The monoisotopic (exact) mass is 182 g/mol. The van der Waals surface area contributed by atoms with E-state index in [1.54, 1.807) is 0 Å². The van der Waals surface area contributed by atoms with Crippen LogP contribution in [-0.4, -0.2) is 23.8 Å². The van der Waals surface area contributed by atoms with Crippen molar-refractivity contribution in [2.24, 2.45) is 0 Å². The second kappa shape index (κ2) is 4.82. The third-order valence-electron chi connectivity index (χ3n) is 1.99. The molecule has 0 aromatic heterocycles. The van der Waals surface area contributed by atoms with E-state index in [2.05, 4.69) is 0 Å². The maximum Gasteiger partial charge on any atom is 0.305 e. The van der Waals surface area contributed by atoms with E-state index in [1.165, 1.54) is 0 Å². The average Bonchev–Trinajstić information content (AvgIpc) is 2.08. The van der Waals surface area contributed by atoms with Crippen molar-refractivity contribution in [2.45, 2.75) is 25.9 Å². The van der Waals surface area contributed by atoms with Crippen LogP contribution in [0.1, 0.15) is 19.8 Å². The number of ether oxygens (including phenoxy) is 1. The van der Waals surface area contributed by atoms with Gasteiger partial charge in [-0.15, -0.1) is 0 Å². The van der Waals surface area contributed by atoms with E-state index >= 15 is 0 Å². The van der Waals surface area contributed by atoms with Crippen molar-refractivity contribution >= 4 is 5.97 Å². The Balaban J connectivity index is 2.26. The van der Waals surface area contributed by atoms with E-state index in [4.69, 9.17) is 9.84 Å². The number of aliphatic carboxylic acids is 1. The molecule has 0 saturated carbocycles. The molecule has 0 aromatic rings. The second-order valence-electron chi connectivity index (χ2n) is 3.08. The SMILES string of the molecule is CC1=CC=CCC1OCCC(=O)O. The van der Waals surface area contributed by atoms with Gasteiger partial charge in [-0.05, 0) is 18.9 Å². The zero-order chi connectivity index (χ0) is 9.68. The number of hydrogen-bond donors (Lipinski definition) is 1. The molecular weight excluding hydrogens is 168 g/mol. The molecule has 0 aromatic carbocycles. The lowest BCUT2D eigenvalue weighted by Crippen LogP contribution is -2.17. The normalized spacial score (nSPS) is 21.3. The Morgan fingerprint density at radius 1 is 1.77 bits per heavy atom. The molecule has 3 heteroatoms. The molecule has 1 aliphatic carbocycles. The molecule has 1 N–H and O–H groups in total. The van der Waals surface area contributed by atoms with Crippen molar-refractivity contribution in [1.82, 2.24) is 0 Å². The molecule has 0 spiro atoms. The minimum absolute atomic E-state index is 0.0735. The van der Waals surface area contributed by atoms with E-state index in [1.807, 2.05) is 25.2 Å². The summed E-state index contributed by atoms with van der Waals surface area (Å²) in [4.78, 5) is 10.2. The molecule has 1 aliphatic rings. The highest BCUT2D eigenvalue weighted by molar-refractivity contribution is 5.66. The summed E-state index contributed by atoms with van der Waals surface area (Å²) < 4.78 is 5.41. The maximum atomic E-state index is 10.2.